The number of carbonyl (C=O) groups excluding carboxylic acids is 1. The predicted octanol–water partition coefficient (Wildman–Crippen LogP) is 5.09. The Kier molecular flexibility index (Phi) is 6.82. The van der Waals surface area contributed by atoms with E-state index in [9.17, 15) is 4.79 Å². The molecule has 0 aliphatic rings. The van der Waals surface area contributed by atoms with Crippen LogP contribution in [0.3, 0.4) is 0 Å². The Morgan fingerprint density at radius 1 is 1.17 bits per heavy atom. The van der Waals surface area contributed by atoms with Crippen molar-refractivity contribution >= 4 is 17.2 Å². The summed E-state index contributed by atoms with van der Waals surface area (Å²) in [6, 6.07) is 11.1. The third-order valence-corrected chi connectivity index (χ3v) is 5.58. The molecule has 2 aromatic heterocycles. The fourth-order valence-corrected chi connectivity index (χ4v) is 3.62. The van der Waals surface area contributed by atoms with Crippen LogP contribution in [-0.4, -0.2) is 22.5 Å². The van der Waals surface area contributed by atoms with E-state index < -0.39 is 0 Å². The average molecular weight is 412 g/mol. The van der Waals surface area contributed by atoms with Crippen LogP contribution in [0.1, 0.15) is 52.6 Å². The van der Waals surface area contributed by atoms with Gasteiger partial charge in [0.15, 0.2) is 11.5 Å². The third-order valence-electron chi connectivity index (χ3n) is 4.13. The van der Waals surface area contributed by atoms with E-state index in [0.717, 1.165) is 16.3 Å². The number of hydrogen-bond acceptors (Lipinski definition) is 6. The van der Waals surface area contributed by atoms with E-state index >= 15 is 0 Å². The maximum absolute atomic E-state index is 12.5. The first kappa shape index (κ1) is 20.8. The molecule has 152 valence electrons. The fourth-order valence-electron chi connectivity index (χ4n) is 2.64. The number of hydrogen-bond donors (Lipinski definition) is 1. The minimum Gasteiger partial charge on any atom is -0.490 e. The summed E-state index contributed by atoms with van der Waals surface area (Å²) in [5.41, 5.74) is 1.65. The van der Waals surface area contributed by atoms with Gasteiger partial charge in [0.25, 0.3) is 5.91 Å². The summed E-state index contributed by atoms with van der Waals surface area (Å²) in [5.74, 6) is 1.95. The molecule has 0 unspecified atom stereocenters. The summed E-state index contributed by atoms with van der Waals surface area (Å²) in [6.45, 7) is 8.88. The Balaban J connectivity index is 1.60. The molecule has 0 bridgehead atoms. The molecule has 29 heavy (non-hydrogen) atoms. The SMILES string of the molecule is CCOc1ccccc1Oc1ccc(CNC(=O)c2sc(C(C)C)nc2C)cn1. The van der Waals surface area contributed by atoms with E-state index in [1.54, 1.807) is 12.3 Å². The third kappa shape index (κ3) is 5.32. The van der Waals surface area contributed by atoms with Crippen LogP contribution in [0.2, 0.25) is 0 Å². The lowest BCUT2D eigenvalue weighted by atomic mass is 10.2. The molecule has 0 atom stereocenters. The minimum absolute atomic E-state index is 0.113. The largest absolute Gasteiger partial charge is 0.490 e. The molecule has 0 saturated carbocycles. The fraction of sp³-hybridized carbons (Fsp3) is 0.318. The van der Waals surface area contributed by atoms with Crippen LogP contribution in [0, 0.1) is 6.92 Å². The standard InChI is InChI=1S/C22H25N3O3S/c1-5-27-17-8-6-7-9-18(17)28-19-11-10-16(12-23-19)13-24-21(26)20-15(4)25-22(29-20)14(2)3/h6-12,14H,5,13H2,1-4H3,(H,24,26). The lowest BCUT2D eigenvalue weighted by Crippen LogP contribution is -2.22. The van der Waals surface area contributed by atoms with Crippen molar-refractivity contribution in [2.24, 2.45) is 0 Å². The lowest BCUT2D eigenvalue weighted by Gasteiger charge is -2.11. The number of amides is 1. The highest BCUT2D eigenvalue weighted by molar-refractivity contribution is 7.13. The molecule has 1 aromatic carbocycles. The summed E-state index contributed by atoms with van der Waals surface area (Å²) in [7, 11) is 0. The monoisotopic (exact) mass is 411 g/mol. The van der Waals surface area contributed by atoms with Gasteiger partial charge < -0.3 is 14.8 Å². The number of nitrogens with one attached hydrogen (secondary N) is 1. The van der Waals surface area contributed by atoms with E-state index in [0.29, 0.717) is 41.3 Å². The molecular formula is C22H25N3O3S. The Bertz CT molecular complexity index is 968. The second-order valence-electron chi connectivity index (χ2n) is 6.79. The van der Waals surface area contributed by atoms with Crippen molar-refractivity contribution in [3.8, 4) is 17.4 Å². The predicted molar refractivity (Wildman–Crippen MR) is 114 cm³/mol. The van der Waals surface area contributed by atoms with Crippen LogP contribution in [-0.2, 0) is 6.54 Å². The van der Waals surface area contributed by atoms with Gasteiger partial charge in [-0.25, -0.2) is 9.97 Å². The normalized spacial score (nSPS) is 10.8. The summed E-state index contributed by atoms with van der Waals surface area (Å²) in [4.78, 5) is 22.0. The van der Waals surface area contributed by atoms with Crippen molar-refractivity contribution in [3.63, 3.8) is 0 Å². The summed E-state index contributed by atoms with van der Waals surface area (Å²) in [5, 5.41) is 3.91. The van der Waals surface area contributed by atoms with Crippen LogP contribution in [0.5, 0.6) is 17.4 Å². The van der Waals surface area contributed by atoms with E-state index in [4.69, 9.17) is 9.47 Å². The van der Waals surface area contributed by atoms with Crippen molar-refractivity contribution in [3.05, 3.63) is 63.7 Å². The van der Waals surface area contributed by atoms with Gasteiger partial charge >= 0.3 is 0 Å². The molecule has 6 nitrogen and oxygen atoms in total. The molecule has 1 amide bonds. The maximum Gasteiger partial charge on any atom is 0.263 e. The quantitative estimate of drug-likeness (QED) is 0.559. The smallest absolute Gasteiger partial charge is 0.263 e. The van der Waals surface area contributed by atoms with Crippen LogP contribution in [0.25, 0.3) is 0 Å². The summed E-state index contributed by atoms with van der Waals surface area (Å²) < 4.78 is 11.4. The highest BCUT2D eigenvalue weighted by Gasteiger charge is 2.16. The number of rotatable bonds is 8. The van der Waals surface area contributed by atoms with Gasteiger partial charge in [0.05, 0.1) is 17.3 Å². The Labute approximate surface area is 174 Å². The first-order valence-electron chi connectivity index (χ1n) is 9.58. The first-order chi connectivity index (χ1) is 14.0. The number of nitrogens with zero attached hydrogens (tertiary/aromatic N) is 2. The molecule has 0 aliphatic heterocycles. The number of para-hydroxylation sites is 2. The van der Waals surface area contributed by atoms with Gasteiger partial charge in [0.2, 0.25) is 5.88 Å². The molecule has 0 saturated heterocycles. The van der Waals surface area contributed by atoms with Gasteiger partial charge in [-0.1, -0.05) is 32.0 Å². The van der Waals surface area contributed by atoms with Crippen LogP contribution in [0.4, 0.5) is 0 Å². The highest BCUT2D eigenvalue weighted by Crippen LogP contribution is 2.30. The highest BCUT2D eigenvalue weighted by atomic mass is 32.1. The molecule has 0 aliphatic carbocycles. The van der Waals surface area contributed by atoms with Crippen molar-refractivity contribution < 1.29 is 14.3 Å². The number of thiazole rings is 1. The van der Waals surface area contributed by atoms with E-state index in [1.807, 2.05) is 44.2 Å². The number of ether oxygens (including phenoxy) is 2. The zero-order valence-corrected chi connectivity index (χ0v) is 17.9. The van der Waals surface area contributed by atoms with Crippen molar-refractivity contribution in [2.75, 3.05) is 6.61 Å². The van der Waals surface area contributed by atoms with Crippen molar-refractivity contribution in [2.45, 2.75) is 40.2 Å². The molecule has 3 rings (SSSR count). The first-order valence-corrected chi connectivity index (χ1v) is 10.4. The van der Waals surface area contributed by atoms with Crippen LogP contribution >= 0.6 is 11.3 Å². The molecule has 1 N–H and O–H groups in total. The van der Waals surface area contributed by atoms with Crippen LogP contribution < -0.4 is 14.8 Å². The van der Waals surface area contributed by atoms with Crippen molar-refractivity contribution in [1.29, 1.82) is 0 Å². The van der Waals surface area contributed by atoms with Gasteiger partial charge in [-0.15, -0.1) is 11.3 Å². The Hall–Kier alpha value is -2.93. The molecule has 0 fully saturated rings. The van der Waals surface area contributed by atoms with Gasteiger partial charge in [-0.3, -0.25) is 4.79 Å². The zero-order chi connectivity index (χ0) is 20.8. The van der Waals surface area contributed by atoms with Gasteiger partial charge in [0.1, 0.15) is 4.88 Å². The molecule has 0 radical (unpaired) electrons. The maximum atomic E-state index is 12.5. The van der Waals surface area contributed by atoms with E-state index in [1.165, 1.54) is 11.3 Å². The summed E-state index contributed by atoms with van der Waals surface area (Å²) >= 11 is 1.45. The number of pyridine rings is 1. The molecule has 3 aromatic rings. The second kappa shape index (κ2) is 9.52. The van der Waals surface area contributed by atoms with Gasteiger partial charge in [-0.05, 0) is 31.5 Å². The molecule has 2 heterocycles. The number of carbonyl (C=O) groups is 1. The minimum atomic E-state index is -0.113. The van der Waals surface area contributed by atoms with E-state index in [2.05, 4.69) is 29.1 Å². The zero-order valence-electron chi connectivity index (χ0n) is 17.1. The number of benzene rings is 1. The number of aryl methyl sites for hydroxylation is 1. The van der Waals surface area contributed by atoms with Crippen molar-refractivity contribution in [1.82, 2.24) is 15.3 Å². The van der Waals surface area contributed by atoms with Crippen LogP contribution in [0.15, 0.2) is 42.6 Å². The van der Waals surface area contributed by atoms with Gasteiger partial charge in [0, 0.05) is 24.7 Å². The molecule has 0 spiro atoms. The van der Waals surface area contributed by atoms with E-state index in [-0.39, 0.29) is 5.91 Å². The summed E-state index contributed by atoms with van der Waals surface area (Å²) in [6.07, 6.45) is 1.69. The topological polar surface area (TPSA) is 73.3 Å². The molecular weight excluding hydrogens is 386 g/mol. The Morgan fingerprint density at radius 2 is 1.93 bits per heavy atom. The average Bonchev–Trinajstić information content (AvgIpc) is 3.11. The number of aromatic nitrogens is 2. The van der Waals surface area contributed by atoms with Gasteiger partial charge in [-0.2, -0.15) is 0 Å². The molecule has 7 heteroatoms. The Morgan fingerprint density at radius 3 is 2.55 bits per heavy atom. The lowest BCUT2D eigenvalue weighted by molar-refractivity contribution is 0.0954. The second-order valence-corrected chi connectivity index (χ2v) is 7.82.